The molecular formula is C20H19IN2O3. The Balaban J connectivity index is 2.08. The normalized spacial score (nSPS) is 11.2. The van der Waals surface area contributed by atoms with Crippen molar-refractivity contribution < 1.29 is 12.6 Å². The molecule has 6 heteroatoms. The van der Waals surface area contributed by atoms with E-state index in [9.17, 15) is 4.79 Å². The van der Waals surface area contributed by atoms with Crippen LogP contribution in [0, 0.1) is 0 Å². The van der Waals surface area contributed by atoms with Gasteiger partial charge in [-0.05, 0) is 50.4 Å². The van der Waals surface area contributed by atoms with Crippen LogP contribution in [0.15, 0.2) is 54.7 Å². The Morgan fingerprint density at radius 3 is 2.54 bits per heavy atom. The van der Waals surface area contributed by atoms with Crippen LogP contribution in [0.3, 0.4) is 0 Å². The van der Waals surface area contributed by atoms with Crippen molar-refractivity contribution in [2.24, 2.45) is 0 Å². The average Bonchev–Trinajstić information content (AvgIpc) is 2.61. The molecule has 5 nitrogen and oxygen atoms in total. The molecule has 26 heavy (non-hydrogen) atoms. The number of anilines is 1. The van der Waals surface area contributed by atoms with Crippen LogP contribution >= 0.6 is 23.0 Å². The number of rotatable bonds is 3. The van der Waals surface area contributed by atoms with Crippen molar-refractivity contribution in [1.82, 2.24) is 4.98 Å². The second-order valence-corrected chi connectivity index (χ2v) is 7.23. The number of ether oxygens (including phenoxy) is 1. The highest BCUT2D eigenvalue weighted by atomic mass is 127. The lowest BCUT2D eigenvalue weighted by atomic mass is 10.0. The molecule has 1 aromatic heterocycles. The summed E-state index contributed by atoms with van der Waals surface area (Å²) in [5.41, 5.74) is 1.80. The molecule has 3 rings (SSSR count). The Bertz CT molecular complexity index is 937. The third-order valence-corrected chi connectivity index (χ3v) is 4.13. The third-order valence-electron chi connectivity index (χ3n) is 3.65. The van der Waals surface area contributed by atoms with Crippen molar-refractivity contribution in [3.05, 3.63) is 54.7 Å². The van der Waals surface area contributed by atoms with Crippen molar-refractivity contribution in [2.45, 2.75) is 26.4 Å². The van der Waals surface area contributed by atoms with Crippen LogP contribution in [0.4, 0.5) is 10.5 Å². The van der Waals surface area contributed by atoms with Crippen LogP contribution in [-0.4, -0.2) is 16.7 Å². The van der Waals surface area contributed by atoms with E-state index in [0.717, 1.165) is 22.0 Å². The summed E-state index contributed by atoms with van der Waals surface area (Å²) in [6.07, 6.45) is 1.23. The number of hydrogen-bond acceptors (Lipinski definition) is 4. The SMILES string of the molecule is CC(C)(C)OC(=O)Nc1c(OI)ccc2ccc(-c3ccccn3)cc12. The molecule has 1 amide bonds. The lowest BCUT2D eigenvalue weighted by Gasteiger charge is -2.21. The molecule has 3 aromatic rings. The van der Waals surface area contributed by atoms with Gasteiger partial charge in [-0.1, -0.05) is 24.3 Å². The van der Waals surface area contributed by atoms with Crippen LogP contribution in [-0.2, 0) is 4.74 Å². The second-order valence-electron chi connectivity index (χ2n) is 6.79. The van der Waals surface area contributed by atoms with Gasteiger partial charge in [0.15, 0.2) is 28.8 Å². The summed E-state index contributed by atoms with van der Waals surface area (Å²) < 4.78 is 10.8. The summed E-state index contributed by atoms with van der Waals surface area (Å²) in [4.78, 5) is 16.7. The van der Waals surface area contributed by atoms with Gasteiger partial charge in [-0.3, -0.25) is 10.3 Å². The zero-order valence-electron chi connectivity index (χ0n) is 14.7. The minimum Gasteiger partial charge on any atom is -0.444 e. The Morgan fingerprint density at radius 2 is 1.88 bits per heavy atom. The first-order valence-electron chi connectivity index (χ1n) is 8.14. The van der Waals surface area contributed by atoms with Gasteiger partial charge >= 0.3 is 6.09 Å². The average molecular weight is 462 g/mol. The fourth-order valence-corrected chi connectivity index (χ4v) is 2.96. The minimum absolute atomic E-state index is 0.525. The Kier molecular flexibility index (Phi) is 5.31. The van der Waals surface area contributed by atoms with Crippen LogP contribution in [0.1, 0.15) is 20.8 Å². The zero-order chi connectivity index (χ0) is 18.7. The van der Waals surface area contributed by atoms with E-state index in [1.54, 1.807) is 29.2 Å². The lowest BCUT2D eigenvalue weighted by Crippen LogP contribution is -2.27. The highest BCUT2D eigenvalue weighted by molar-refractivity contribution is 14.1. The summed E-state index contributed by atoms with van der Waals surface area (Å²) in [7, 11) is 0. The Labute approximate surface area is 166 Å². The van der Waals surface area contributed by atoms with Crippen LogP contribution < -0.4 is 8.38 Å². The number of fused-ring (bicyclic) bond motifs is 1. The molecule has 0 saturated carbocycles. The molecule has 0 saturated heterocycles. The van der Waals surface area contributed by atoms with E-state index in [1.165, 1.54) is 0 Å². The first-order valence-corrected chi connectivity index (χ1v) is 9.02. The van der Waals surface area contributed by atoms with Gasteiger partial charge in [0.05, 0.1) is 11.4 Å². The van der Waals surface area contributed by atoms with Gasteiger partial charge in [0.25, 0.3) is 0 Å². The minimum atomic E-state index is -0.584. The molecule has 0 aliphatic heterocycles. The molecule has 1 heterocycles. The smallest absolute Gasteiger partial charge is 0.412 e. The van der Waals surface area contributed by atoms with Gasteiger partial charge < -0.3 is 7.80 Å². The van der Waals surface area contributed by atoms with Gasteiger partial charge in [-0.25, -0.2) is 4.79 Å². The molecule has 0 radical (unpaired) electrons. The summed E-state index contributed by atoms with van der Waals surface area (Å²) in [5.74, 6) is 0.558. The number of amides is 1. The van der Waals surface area contributed by atoms with Crippen LogP contribution in [0.2, 0.25) is 0 Å². The Morgan fingerprint density at radius 1 is 1.12 bits per heavy atom. The van der Waals surface area contributed by atoms with Gasteiger partial charge in [0, 0.05) is 17.1 Å². The number of nitrogens with zero attached hydrogens (tertiary/aromatic N) is 1. The van der Waals surface area contributed by atoms with Gasteiger partial charge in [-0.2, -0.15) is 0 Å². The van der Waals surface area contributed by atoms with E-state index in [1.807, 2.05) is 69.3 Å². The molecule has 1 N–H and O–H groups in total. The molecule has 0 atom stereocenters. The largest absolute Gasteiger partial charge is 0.444 e. The fraction of sp³-hybridized carbons (Fsp3) is 0.200. The van der Waals surface area contributed by atoms with E-state index < -0.39 is 11.7 Å². The lowest BCUT2D eigenvalue weighted by molar-refractivity contribution is 0.0636. The van der Waals surface area contributed by atoms with E-state index in [0.29, 0.717) is 11.4 Å². The monoisotopic (exact) mass is 462 g/mol. The molecule has 134 valence electrons. The third kappa shape index (κ3) is 4.24. The first-order chi connectivity index (χ1) is 12.4. The number of carbonyl (C=O) groups is 1. The number of pyridine rings is 1. The van der Waals surface area contributed by atoms with Crippen molar-refractivity contribution in [3.8, 4) is 17.0 Å². The number of carbonyl (C=O) groups excluding carboxylic acids is 1. The quantitative estimate of drug-likeness (QED) is 0.487. The molecule has 2 aromatic carbocycles. The maximum Gasteiger partial charge on any atom is 0.412 e. The highest BCUT2D eigenvalue weighted by Gasteiger charge is 2.19. The Hall–Kier alpha value is -2.35. The fourth-order valence-electron chi connectivity index (χ4n) is 2.59. The molecule has 0 bridgehead atoms. The first kappa shape index (κ1) is 18.4. The predicted molar refractivity (Wildman–Crippen MR) is 112 cm³/mol. The van der Waals surface area contributed by atoms with Crippen LogP contribution in [0.5, 0.6) is 5.75 Å². The summed E-state index contributed by atoms with van der Waals surface area (Å²) in [6.45, 7) is 5.47. The predicted octanol–water partition coefficient (Wildman–Crippen LogP) is 5.98. The van der Waals surface area contributed by atoms with Crippen molar-refractivity contribution in [1.29, 1.82) is 0 Å². The van der Waals surface area contributed by atoms with E-state index in [-0.39, 0.29) is 0 Å². The van der Waals surface area contributed by atoms with Crippen molar-refractivity contribution >= 4 is 45.6 Å². The number of nitrogens with one attached hydrogen (secondary N) is 1. The van der Waals surface area contributed by atoms with E-state index in [2.05, 4.69) is 10.3 Å². The summed E-state index contributed by atoms with van der Waals surface area (Å²) in [5, 5.41) is 4.66. The summed E-state index contributed by atoms with van der Waals surface area (Å²) in [6, 6.07) is 15.5. The second kappa shape index (κ2) is 7.49. The zero-order valence-corrected chi connectivity index (χ0v) is 16.9. The molecular weight excluding hydrogens is 443 g/mol. The summed E-state index contributed by atoms with van der Waals surface area (Å²) >= 11 is 1.80. The molecule has 0 fully saturated rings. The molecule has 0 spiro atoms. The number of halogens is 1. The van der Waals surface area contributed by atoms with Crippen LogP contribution in [0.25, 0.3) is 22.0 Å². The van der Waals surface area contributed by atoms with Crippen molar-refractivity contribution in [3.63, 3.8) is 0 Å². The van der Waals surface area contributed by atoms with Crippen molar-refractivity contribution in [2.75, 3.05) is 5.32 Å². The molecule has 0 aliphatic carbocycles. The van der Waals surface area contributed by atoms with E-state index in [4.69, 9.17) is 7.80 Å². The standard InChI is InChI=1S/C20H19IN2O3/c1-20(2,3)25-19(24)23-18-15-12-14(16-6-4-5-11-22-16)8-7-13(15)9-10-17(18)26-21/h4-12H,1-3H3,(H,23,24). The molecule has 0 unspecified atom stereocenters. The number of aromatic nitrogens is 1. The van der Waals surface area contributed by atoms with E-state index >= 15 is 0 Å². The highest BCUT2D eigenvalue weighted by Crippen LogP contribution is 2.36. The molecule has 0 aliphatic rings. The van der Waals surface area contributed by atoms with Gasteiger partial charge in [0.1, 0.15) is 5.60 Å². The topological polar surface area (TPSA) is 60.5 Å². The van der Waals surface area contributed by atoms with Gasteiger partial charge in [-0.15, -0.1) is 0 Å². The van der Waals surface area contributed by atoms with Gasteiger partial charge in [0.2, 0.25) is 0 Å². The maximum absolute atomic E-state index is 12.3. The number of benzene rings is 2. The number of hydrogen-bond donors (Lipinski definition) is 1. The maximum atomic E-state index is 12.3.